The number of hydrogen-bond acceptors (Lipinski definition) is 19. The summed E-state index contributed by atoms with van der Waals surface area (Å²) in [4.78, 5) is 97.1. The highest BCUT2D eigenvalue weighted by atomic mass is 32.2. The smallest absolute Gasteiger partial charge is 0.386 e. The lowest BCUT2D eigenvalue weighted by Gasteiger charge is -2.30. The first-order valence-corrected chi connectivity index (χ1v) is 21.0. The van der Waals surface area contributed by atoms with Crippen molar-refractivity contribution in [3.05, 3.63) is 12.7 Å². The second kappa shape index (κ2) is 19.4. The van der Waals surface area contributed by atoms with Gasteiger partial charge < -0.3 is 55.7 Å². The van der Waals surface area contributed by atoms with Gasteiger partial charge in [0.2, 0.25) is 11.8 Å². The largest absolute Gasteiger partial charge is 0.481 e. The number of carbonyl (C=O) groups excluding carboxylic acids is 4. The lowest BCUT2D eigenvalue weighted by Crippen LogP contribution is -2.46. The van der Waals surface area contributed by atoms with Crippen LogP contribution < -0.4 is 16.4 Å². The number of rotatable bonds is 22. The first-order chi connectivity index (χ1) is 25.1. The number of nitrogens with two attached hydrogens (primary N) is 1. The Morgan fingerprint density at radius 1 is 1.07 bits per heavy atom. The summed E-state index contributed by atoms with van der Waals surface area (Å²) in [5.74, 6) is -1.25. The van der Waals surface area contributed by atoms with Gasteiger partial charge in [0.05, 0.1) is 19.5 Å². The molecule has 304 valence electrons. The van der Waals surface area contributed by atoms with Gasteiger partial charge in [-0.25, -0.2) is 28.6 Å². The number of fused-ring (bicyclic) bond motifs is 1. The monoisotopic (exact) mass is 851 g/mol. The third-order valence-corrected chi connectivity index (χ3v) is 11.3. The van der Waals surface area contributed by atoms with Gasteiger partial charge in [-0.05, 0) is 0 Å². The Bertz CT molecular complexity index is 1800. The van der Waals surface area contributed by atoms with Crippen molar-refractivity contribution in [2.24, 2.45) is 5.41 Å². The second-order valence-corrected chi connectivity index (χ2v) is 17.4. The van der Waals surface area contributed by atoms with Crippen LogP contribution in [-0.4, -0.2) is 129 Å². The first-order valence-electron chi connectivity index (χ1n) is 15.5. The summed E-state index contributed by atoms with van der Waals surface area (Å²) in [6.07, 6.45) is -6.18. The van der Waals surface area contributed by atoms with Gasteiger partial charge in [-0.3, -0.25) is 32.5 Å². The molecule has 7 atom stereocenters. The van der Waals surface area contributed by atoms with Crippen LogP contribution in [0.2, 0.25) is 0 Å². The predicted molar refractivity (Wildman–Crippen MR) is 182 cm³/mol. The number of aldehydes is 1. The van der Waals surface area contributed by atoms with Gasteiger partial charge in [0.25, 0.3) is 0 Å². The zero-order valence-electron chi connectivity index (χ0n) is 28.5. The molecule has 0 spiro atoms. The molecule has 0 bridgehead atoms. The molecule has 25 nitrogen and oxygen atoms in total. The van der Waals surface area contributed by atoms with E-state index in [0.717, 1.165) is 29.0 Å². The lowest BCUT2D eigenvalue weighted by molar-refractivity contribution is -0.137. The topological polar surface area (TPSA) is 381 Å². The molecule has 0 radical (unpaired) electrons. The standard InChI is InChI=1S/C25H40N7O18P3S/c1-25(2,20(37)23(38)28-6-5-15(34)27-7-9-54-16(35)4-3-8-33)11-47-53(44,45)50-52(42,43)46-10-14-19(49-51(39,40)41)18(36)24(48-14)32-13-31-17-21(26)29-12-30-22(17)32/h8,12-14,18-20,24,36-37H,3-7,9-11H2,1-2H3,(H,27,34)(H,28,38)(H,42,43)(H,44,45)(H2,26,29,30)(H2,39,40,41)/t14-,18-,19-,20+,24-/m1/s1. The molecule has 0 saturated carbocycles. The number of anilines is 1. The Kier molecular flexibility index (Phi) is 16.4. The minimum Gasteiger partial charge on any atom is -0.386 e. The van der Waals surface area contributed by atoms with Crippen molar-refractivity contribution in [3.63, 3.8) is 0 Å². The maximum Gasteiger partial charge on any atom is 0.481 e. The molecular weight excluding hydrogens is 811 g/mol. The van der Waals surface area contributed by atoms with Gasteiger partial charge in [0.1, 0.15) is 42.5 Å². The van der Waals surface area contributed by atoms with E-state index in [1.807, 2.05) is 0 Å². The van der Waals surface area contributed by atoms with Crippen LogP contribution in [0.4, 0.5) is 5.82 Å². The van der Waals surface area contributed by atoms with Crippen molar-refractivity contribution in [3.8, 4) is 0 Å². The van der Waals surface area contributed by atoms with Crippen molar-refractivity contribution in [1.29, 1.82) is 0 Å². The Balaban J connectivity index is 1.50. The van der Waals surface area contributed by atoms with E-state index in [0.29, 0.717) is 6.29 Å². The summed E-state index contributed by atoms with van der Waals surface area (Å²) in [6, 6.07) is 0. The van der Waals surface area contributed by atoms with Crippen LogP contribution >= 0.6 is 35.2 Å². The van der Waals surface area contributed by atoms with Crippen molar-refractivity contribution < 1.29 is 85.3 Å². The third kappa shape index (κ3) is 13.8. The van der Waals surface area contributed by atoms with Gasteiger partial charge in [-0.2, -0.15) is 4.31 Å². The van der Waals surface area contributed by atoms with Crippen molar-refractivity contribution in [2.75, 3.05) is 37.8 Å². The number of nitrogens with one attached hydrogen (secondary N) is 2. The van der Waals surface area contributed by atoms with Gasteiger partial charge in [-0.1, -0.05) is 25.6 Å². The Morgan fingerprint density at radius 3 is 2.43 bits per heavy atom. The van der Waals surface area contributed by atoms with Crippen LogP contribution in [0, 0.1) is 5.41 Å². The summed E-state index contributed by atoms with van der Waals surface area (Å²) in [5, 5.41) is 26.0. The van der Waals surface area contributed by atoms with Gasteiger partial charge in [-0.15, -0.1) is 0 Å². The maximum absolute atomic E-state index is 12.6. The minimum absolute atomic E-state index is 0.0248. The number of aromatic nitrogens is 4. The van der Waals surface area contributed by atoms with Gasteiger partial charge in [0.15, 0.2) is 22.8 Å². The minimum atomic E-state index is -5.57. The molecule has 1 saturated heterocycles. The second-order valence-electron chi connectivity index (χ2n) is 12.0. The number of aliphatic hydroxyl groups is 2. The number of phosphoric ester groups is 3. The number of phosphoric acid groups is 3. The third-order valence-electron chi connectivity index (χ3n) is 7.23. The quantitative estimate of drug-likeness (QED) is 0.0375. The predicted octanol–water partition coefficient (Wildman–Crippen LogP) is -1.36. The summed E-state index contributed by atoms with van der Waals surface area (Å²) < 4.78 is 61.9. The fourth-order valence-corrected chi connectivity index (χ4v) is 8.07. The zero-order chi connectivity index (χ0) is 40.5. The average molecular weight is 852 g/mol. The summed E-state index contributed by atoms with van der Waals surface area (Å²) in [5.41, 5.74) is 4.23. The number of nitrogens with zero attached hydrogens (tertiary/aromatic N) is 4. The molecule has 0 aliphatic carbocycles. The van der Waals surface area contributed by atoms with E-state index in [-0.39, 0.29) is 60.2 Å². The van der Waals surface area contributed by atoms with E-state index in [2.05, 4.69) is 34.4 Å². The lowest BCUT2D eigenvalue weighted by atomic mass is 9.87. The fourth-order valence-electron chi connectivity index (χ4n) is 4.54. The highest BCUT2D eigenvalue weighted by molar-refractivity contribution is 8.13. The SMILES string of the molecule is CC(C)(COP(=O)(O)OP(=O)(O)OC[C@H]1O[C@@H](n2cnc3c(N)ncnc32)[C@H](O)[C@@H]1OP(=O)(O)O)[C@@H](O)C(=O)NCCC(=O)NCCSC(=O)CCC=O. The highest BCUT2D eigenvalue weighted by Crippen LogP contribution is 2.61. The van der Waals surface area contributed by atoms with Crippen molar-refractivity contribution in [2.45, 2.75) is 63.8 Å². The van der Waals surface area contributed by atoms with Gasteiger partial charge in [0, 0.05) is 43.5 Å². The number of imidazole rings is 1. The van der Waals surface area contributed by atoms with Crippen molar-refractivity contribution >= 4 is 75.4 Å². The summed E-state index contributed by atoms with van der Waals surface area (Å²) in [6.45, 7) is 0.352. The van der Waals surface area contributed by atoms with Crippen LogP contribution in [0.25, 0.3) is 11.2 Å². The highest BCUT2D eigenvalue weighted by Gasteiger charge is 2.50. The van der Waals surface area contributed by atoms with E-state index in [9.17, 15) is 62.7 Å². The van der Waals surface area contributed by atoms with Crippen LogP contribution in [0.5, 0.6) is 0 Å². The van der Waals surface area contributed by atoms with Crippen LogP contribution in [0.1, 0.15) is 39.3 Å². The molecule has 1 fully saturated rings. The summed E-state index contributed by atoms with van der Waals surface area (Å²) >= 11 is 0.951. The molecule has 2 aromatic heterocycles. The molecule has 3 heterocycles. The summed E-state index contributed by atoms with van der Waals surface area (Å²) in [7, 11) is -16.4. The van der Waals surface area contributed by atoms with Crippen LogP contribution in [0.15, 0.2) is 12.7 Å². The number of ether oxygens (including phenoxy) is 1. The molecule has 1 aliphatic heterocycles. The normalized spacial score (nSPS) is 21.9. The molecule has 0 aromatic carbocycles. The van der Waals surface area contributed by atoms with E-state index in [1.54, 1.807) is 0 Å². The molecule has 2 aromatic rings. The van der Waals surface area contributed by atoms with Gasteiger partial charge >= 0.3 is 23.5 Å². The molecule has 54 heavy (non-hydrogen) atoms. The Morgan fingerprint density at radius 2 is 1.76 bits per heavy atom. The molecular formula is C25H40N7O18P3S. The molecule has 2 amide bonds. The molecule has 29 heteroatoms. The molecule has 3 rings (SSSR count). The van der Waals surface area contributed by atoms with E-state index >= 15 is 0 Å². The fraction of sp³-hybridized carbons (Fsp3) is 0.640. The molecule has 2 unspecified atom stereocenters. The van der Waals surface area contributed by atoms with Crippen LogP contribution in [0.3, 0.4) is 0 Å². The molecule has 1 aliphatic rings. The zero-order valence-corrected chi connectivity index (χ0v) is 32.0. The Hall–Kier alpha value is -2.77. The Labute approximate surface area is 310 Å². The number of carbonyl (C=O) groups is 4. The number of aliphatic hydroxyl groups excluding tert-OH is 2. The van der Waals surface area contributed by atoms with E-state index in [1.165, 1.54) is 13.8 Å². The molecule has 10 N–H and O–H groups in total. The van der Waals surface area contributed by atoms with E-state index in [4.69, 9.17) is 19.5 Å². The number of nitrogen functional groups attached to an aromatic ring is 1. The number of thioether (sulfide) groups is 1. The first kappa shape index (κ1) is 45.6. The number of hydrogen-bond donors (Lipinski definition) is 9. The average Bonchev–Trinajstić information content (AvgIpc) is 3.63. The van der Waals surface area contributed by atoms with E-state index < -0.39 is 84.6 Å². The maximum atomic E-state index is 12.6. The van der Waals surface area contributed by atoms with Crippen molar-refractivity contribution in [1.82, 2.24) is 30.2 Å². The van der Waals surface area contributed by atoms with Crippen LogP contribution in [-0.2, 0) is 55.5 Å². The number of amides is 2.